The van der Waals surface area contributed by atoms with E-state index >= 15 is 0 Å². The van der Waals surface area contributed by atoms with Crippen LogP contribution in [0.4, 0.5) is 0 Å². The number of hydrogen-bond acceptors (Lipinski definition) is 2. The van der Waals surface area contributed by atoms with Gasteiger partial charge in [0.2, 0.25) is 0 Å². The maximum Gasteiger partial charge on any atom is 0.169 e. The van der Waals surface area contributed by atoms with E-state index in [0.29, 0.717) is 12.0 Å². The highest BCUT2D eigenvalue weighted by Gasteiger charge is 2.31. The fraction of sp³-hybridized carbons (Fsp3) is 0.917. The molecular formula is C12H23NO. The number of aliphatic imine (C=N–C) groups is 1. The first-order valence-electron chi connectivity index (χ1n) is 5.71. The molecule has 14 heavy (non-hydrogen) atoms. The highest BCUT2D eigenvalue weighted by atomic mass is 16.5. The quantitative estimate of drug-likeness (QED) is 0.503. The van der Waals surface area contributed by atoms with E-state index in [0.717, 1.165) is 11.8 Å². The third-order valence-corrected chi connectivity index (χ3v) is 3.30. The van der Waals surface area contributed by atoms with Crippen molar-refractivity contribution in [3.05, 3.63) is 0 Å². The molecule has 1 aliphatic carbocycles. The Morgan fingerprint density at radius 1 is 1.36 bits per heavy atom. The smallest absolute Gasteiger partial charge is 0.169 e. The molecule has 1 saturated carbocycles. The Balaban J connectivity index is 2.54. The summed E-state index contributed by atoms with van der Waals surface area (Å²) in [5.41, 5.74) is 0. The van der Waals surface area contributed by atoms with Crippen molar-refractivity contribution in [3.63, 3.8) is 0 Å². The largest absolute Gasteiger partial charge is 0.480 e. The van der Waals surface area contributed by atoms with Crippen LogP contribution in [0.3, 0.4) is 0 Å². The summed E-state index contributed by atoms with van der Waals surface area (Å²) < 4.78 is 5.68. The van der Waals surface area contributed by atoms with Crippen molar-refractivity contribution in [2.45, 2.75) is 46.1 Å². The monoisotopic (exact) mass is 197 g/mol. The first-order chi connectivity index (χ1) is 6.65. The lowest BCUT2D eigenvalue weighted by Gasteiger charge is -2.36. The normalized spacial score (nSPS) is 33.9. The summed E-state index contributed by atoms with van der Waals surface area (Å²) in [6.07, 6.45) is 5.85. The summed E-state index contributed by atoms with van der Waals surface area (Å²) >= 11 is 0. The third-order valence-electron chi connectivity index (χ3n) is 3.30. The fourth-order valence-electron chi connectivity index (χ4n) is 2.41. The molecule has 1 rings (SSSR count). The van der Waals surface area contributed by atoms with Gasteiger partial charge < -0.3 is 4.74 Å². The van der Waals surface area contributed by atoms with Crippen molar-refractivity contribution in [1.82, 2.24) is 0 Å². The maximum absolute atomic E-state index is 5.68. The highest BCUT2D eigenvalue weighted by molar-refractivity contribution is 5.46. The molecule has 1 aliphatic rings. The molecule has 3 atom stereocenters. The number of hydrogen-bond donors (Lipinski definition) is 0. The van der Waals surface area contributed by atoms with Gasteiger partial charge >= 0.3 is 0 Å². The van der Waals surface area contributed by atoms with Gasteiger partial charge in [0.1, 0.15) is 6.10 Å². The van der Waals surface area contributed by atoms with Crippen LogP contribution in [0.5, 0.6) is 0 Å². The van der Waals surface area contributed by atoms with Gasteiger partial charge in [0, 0.05) is 7.05 Å². The van der Waals surface area contributed by atoms with Crippen molar-refractivity contribution >= 4 is 6.40 Å². The van der Waals surface area contributed by atoms with Crippen molar-refractivity contribution in [2.24, 2.45) is 22.7 Å². The lowest BCUT2D eigenvalue weighted by atomic mass is 9.75. The second-order valence-electron chi connectivity index (χ2n) is 4.86. The Kier molecular flexibility index (Phi) is 4.43. The molecule has 0 aromatic rings. The molecule has 0 bridgehead atoms. The standard InChI is InChI=1S/C12H23NO/c1-9(2)11-6-5-10(3)7-12(11)14-8-13-4/h8-12H,5-7H2,1-4H3/t10-,11+,12-/m1/s1. The van der Waals surface area contributed by atoms with E-state index < -0.39 is 0 Å². The molecule has 0 radical (unpaired) electrons. The Labute approximate surface area is 87.8 Å². The van der Waals surface area contributed by atoms with E-state index in [9.17, 15) is 0 Å². The first-order valence-corrected chi connectivity index (χ1v) is 5.71. The van der Waals surface area contributed by atoms with Gasteiger partial charge in [-0.05, 0) is 30.6 Å². The van der Waals surface area contributed by atoms with Gasteiger partial charge in [-0.3, -0.25) is 4.99 Å². The molecule has 0 N–H and O–H groups in total. The van der Waals surface area contributed by atoms with E-state index in [2.05, 4.69) is 25.8 Å². The fourth-order valence-corrected chi connectivity index (χ4v) is 2.41. The zero-order valence-corrected chi connectivity index (χ0v) is 9.86. The molecule has 0 amide bonds. The zero-order chi connectivity index (χ0) is 10.6. The Morgan fingerprint density at radius 3 is 2.64 bits per heavy atom. The van der Waals surface area contributed by atoms with Crippen LogP contribution >= 0.6 is 0 Å². The van der Waals surface area contributed by atoms with Gasteiger partial charge in [0.25, 0.3) is 0 Å². The van der Waals surface area contributed by atoms with Crippen molar-refractivity contribution in [2.75, 3.05) is 7.05 Å². The molecule has 0 unspecified atom stereocenters. The summed E-state index contributed by atoms with van der Waals surface area (Å²) in [5.74, 6) is 2.24. The molecule has 0 aliphatic heterocycles. The van der Waals surface area contributed by atoms with Gasteiger partial charge in [-0.15, -0.1) is 0 Å². The molecule has 0 spiro atoms. The van der Waals surface area contributed by atoms with E-state index in [1.54, 1.807) is 13.4 Å². The van der Waals surface area contributed by atoms with Crippen LogP contribution in [0, 0.1) is 17.8 Å². The highest BCUT2D eigenvalue weighted by Crippen LogP contribution is 2.34. The Bertz CT molecular complexity index is 189. The van der Waals surface area contributed by atoms with Crippen LogP contribution in [0.1, 0.15) is 40.0 Å². The van der Waals surface area contributed by atoms with Crippen molar-refractivity contribution < 1.29 is 4.74 Å². The molecule has 2 heteroatoms. The maximum atomic E-state index is 5.68. The lowest BCUT2D eigenvalue weighted by Crippen LogP contribution is -2.34. The summed E-state index contributed by atoms with van der Waals surface area (Å²) in [5, 5.41) is 0. The predicted molar refractivity (Wildman–Crippen MR) is 60.6 cm³/mol. The van der Waals surface area contributed by atoms with E-state index in [4.69, 9.17) is 4.74 Å². The van der Waals surface area contributed by atoms with Crippen LogP contribution in [-0.4, -0.2) is 19.6 Å². The molecule has 2 nitrogen and oxygen atoms in total. The minimum absolute atomic E-state index is 0.391. The van der Waals surface area contributed by atoms with Crippen LogP contribution in [0.25, 0.3) is 0 Å². The van der Waals surface area contributed by atoms with Crippen molar-refractivity contribution in [3.8, 4) is 0 Å². The lowest BCUT2D eigenvalue weighted by molar-refractivity contribution is 0.0422. The van der Waals surface area contributed by atoms with Gasteiger partial charge in [-0.1, -0.05) is 27.2 Å². The van der Waals surface area contributed by atoms with Crippen LogP contribution < -0.4 is 0 Å². The summed E-state index contributed by atoms with van der Waals surface area (Å²) in [6.45, 7) is 6.90. The SMILES string of the molecule is CN=CO[C@@H]1C[C@H](C)CC[C@H]1C(C)C. The average Bonchev–Trinajstić information content (AvgIpc) is 2.14. The van der Waals surface area contributed by atoms with Crippen LogP contribution in [-0.2, 0) is 4.74 Å². The zero-order valence-electron chi connectivity index (χ0n) is 9.86. The predicted octanol–water partition coefficient (Wildman–Crippen LogP) is 3.12. The van der Waals surface area contributed by atoms with E-state index in [1.165, 1.54) is 19.3 Å². The van der Waals surface area contributed by atoms with Crippen LogP contribution in [0.15, 0.2) is 4.99 Å². The van der Waals surface area contributed by atoms with Gasteiger partial charge in [-0.2, -0.15) is 0 Å². The number of rotatable bonds is 3. The second kappa shape index (κ2) is 5.38. The number of nitrogens with zero attached hydrogens (tertiary/aromatic N) is 1. The topological polar surface area (TPSA) is 21.6 Å². The van der Waals surface area contributed by atoms with E-state index in [-0.39, 0.29) is 0 Å². The van der Waals surface area contributed by atoms with Gasteiger partial charge in [-0.25, -0.2) is 0 Å². The molecular weight excluding hydrogens is 174 g/mol. The third kappa shape index (κ3) is 3.00. The molecule has 0 heterocycles. The average molecular weight is 197 g/mol. The first kappa shape index (κ1) is 11.5. The molecule has 0 aromatic heterocycles. The van der Waals surface area contributed by atoms with E-state index in [1.807, 2.05) is 0 Å². The Morgan fingerprint density at radius 2 is 2.07 bits per heavy atom. The van der Waals surface area contributed by atoms with Crippen LogP contribution in [0.2, 0.25) is 0 Å². The Hall–Kier alpha value is -0.530. The minimum atomic E-state index is 0.391. The summed E-state index contributed by atoms with van der Waals surface area (Å²) in [6, 6.07) is 0. The number of ether oxygens (including phenoxy) is 1. The van der Waals surface area contributed by atoms with Crippen molar-refractivity contribution in [1.29, 1.82) is 0 Å². The van der Waals surface area contributed by atoms with Gasteiger partial charge in [0.15, 0.2) is 6.40 Å². The minimum Gasteiger partial charge on any atom is -0.480 e. The summed E-state index contributed by atoms with van der Waals surface area (Å²) in [7, 11) is 1.76. The molecule has 0 aromatic carbocycles. The molecule has 1 fully saturated rings. The summed E-state index contributed by atoms with van der Waals surface area (Å²) in [4.78, 5) is 3.90. The van der Waals surface area contributed by atoms with Gasteiger partial charge in [0.05, 0.1) is 0 Å². The molecule has 82 valence electrons. The molecule has 0 saturated heterocycles. The second-order valence-corrected chi connectivity index (χ2v) is 4.86.